The minimum atomic E-state index is -4.67. The van der Waals surface area contributed by atoms with E-state index in [4.69, 9.17) is 97.4 Å². The van der Waals surface area contributed by atoms with E-state index in [1.165, 1.54) is 111 Å². The molecule has 0 aliphatic carbocycles. The molecule has 128 heavy (non-hydrogen) atoms. The van der Waals surface area contributed by atoms with E-state index in [0.29, 0.717) is 49.2 Å². The molecule has 0 saturated heterocycles. The van der Waals surface area contributed by atoms with E-state index < -0.39 is 21.6 Å². The first kappa shape index (κ1) is 116. The van der Waals surface area contributed by atoms with Gasteiger partial charge in [-0.2, -0.15) is 18.7 Å². The molecule has 0 fully saturated rings. The number of nitrogens with zero attached hydrogens (tertiary/aromatic N) is 5. The van der Waals surface area contributed by atoms with E-state index in [1.54, 1.807) is 43.3 Å². The fraction of sp³-hybridized carbons (Fsp3) is 0.272. The number of ketones is 3. The SMILES string of the molecule is CC#N.CC(=O)CC(=O)Nc1cc(C)ccc1C.CCOC(=O)CC(C)=O.Cc1ccc(C)c(N)c1.Cc1ccc(C)c2c(C)cc(=O)[nH]c12.Cc1ccc(C)c2c(C)cc(Cl)nc12.Cc1ccc(C)c2c(C)cc(NCC(=O)Cc3cc(Cl)cc(Cl)c3)nc12.Cc1ccc(C)c2c(C)cc(NN)nc12.NN.O=C=Nc1cc(Cl)cc(Cl)c1.O=P(Cl)(Cl)Cl.O=S(=O)(O)O. The Kier molecular flexibility index (Phi) is 52.1. The summed E-state index contributed by atoms with van der Waals surface area (Å²) in [6, 6.07) is 47.7. The second kappa shape index (κ2) is 57.6. The maximum Gasteiger partial charge on any atom is 0.394 e. The minimum absolute atomic E-state index is 0.0244. The van der Waals surface area contributed by atoms with E-state index in [1.807, 2.05) is 103 Å². The molecule has 0 atom stereocenters. The lowest BCUT2D eigenvalue weighted by Gasteiger charge is -2.12. The number of amides is 1. The van der Waals surface area contributed by atoms with Crippen LogP contribution in [0.1, 0.15) is 135 Å². The Morgan fingerprint density at radius 2 is 0.906 bits per heavy atom. The quantitative estimate of drug-likeness (QED) is 0.00490. The Morgan fingerprint density at radius 3 is 1.33 bits per heavy atom. The van der Waals surface area contributed by atoms with Crippen LogP contribution >= 0.6 is 96.9 Å². The normalized spacial score (nSPS) is 10.1. The topological polar surface area (TPSA) is 451 Å². The monoisotopic (exact) mass is 1950 g/mol. The summed E-state index contributed by atoms with van der Waals surface area (Å²) < 4.78 is 45.6. The molecule has 26 nitrogen and oxygen atoms in total. The summed E-state index contributed by atoms with van der Waals surface area (Å²) in [5.74, 6) is 13.9. The summed E-state index contributed by atoms with van der Waals surface area (Å²) in [6.07, 6.45) is 1.51. The molecule has 0 spiro atoms. The number of carbonyl (C=O) groups excluding carboxylic acids is 6. The molecule has 0 radical (unpaired) electrons. The second-order valence-electron chi connectivity index (χ2n) is 28.6. The fourth-order valence-corrected chi connectivity index (χ4v) is 13.3. The molecule has 0 saturated carbocycles. The van der Waals surface area contributed by atoms with Gasteiger partial charge in [0.2, 0.25) is 17.5 Å². The Balaban J connectivity index is 0.000000728. The molecule has 12 aromatic rings. The lowest BCUT2D eigenvalue weighted by Crippen LogP contribution is -2.17. The van der Waals surface area contributed by atoms with Crippen LogP contribution in [0.15, 0.2) is 155 Å². The molecule has 12 rings (SSSR count). The number of carbonyl (C=O) groups is 5. The van der Waals surface area contributed by atoms with Crippen LogP contribution in [0, 0.1) is 122 Å². The van der Waals surface area contributed by atoms with Gasteiger partial charge in [0.25, 0.3) is 0 Å². The van der Waals surface area contributed by atoms with Gasteiger partial charge in [0.15, 0.2) is 5.78 Å². The molecule has 4 aromatic heterocycles. The molecule has 0 aliphatic rings. The molecule has 686 valence electrons. The number of nitrogens with one attached hydrogen (secondary N) is 4. The van der Waals surface area contributed by atoms with Crippen molar-refractivity contribution in [2.75, 3.05) is 34.9 Å². The maximum absolute atomic E-state index is 12.3. The van der Waals surface area contributed by atoms with Gasteiger partial charge in [-0.25, -0.2) is 25.6 Å². The predicted octanol–water partition coefficient (Wildman–Crippen LogP) is 23.5. The molecule has 0 bridgehead atoms. The third-order valence-corrected chi connectivity index (χ3v) is 18.5. The minimum Gasteiger partial charge on any atom is -0.466 e. The molecule has 0 unspecified atom stereocenters. The van der Waals surface area contributed by atoms with E-state index >= 15 is 0 Å². The van der Waals surface area contributed by atoms with Crippen LogP contribution in [0.3, 0.4) is 0 Å². The highest BCUT2D eigenvalue weighted by Crippen LogP contribution is 2.61. The molecule has 14 N–H and O–H groups in total. The number of nitriles is 1. The highest BCUT2D eigenvalue weighted by Gasteiger charge is 2.14. The molecular weight excluding hydrogens is 1840 g/mol. The molecule has 0 aliphatic heterocycles. The van der Waals surface area contributed by atoms with Crippen LogP contribution in [-0.4, -0.2) is 85.9 Å². The number of H-pyrrole nitrogens is 1. The van der Waals surface area contributed by atoms with Crippen LogP contribution in [0.25, 0.3) is 43.6 Å². The number of isocyanates is 1. The number of aromatic nitrogens is 4. The smallest absolute Gasteiger partial charge is 0.394 e. The van der Waals surface area contributed by atoms with Crippen molar-refractivity contribution in [1.82, 2.24) is 19.9 Å². The number of rotatable bonds is 13. The summed E-state index contributed by atoms with van der Waals surface area (Å²) >= 11 is 43.0. The number of aromatic amines is 1. The first-order valence-electron chi connectivity index (χ1n) is 38.6. The van der Waals surface area contributed by atoms with Crippen LogP contribution in [0.4, 0.5) is 28.7 Å². The number of fused-ring (bicyclic) bond motifs is 4. The second-order valence-corrected chi connectivity index (χ2v) is 38.3. The van der Waals surface area contributed by atoms with Crippen molar-refractivity contribution in [3.63, 3.8) is 0 Å². The zero-order valence-electron chi connectivity index (χ0n) is 74.7. The van der Waals surface area contributed by atoms with Gasteiger partial charge in [0.1, 0.15) is 34.8 Å². The van der Waals surface area contributed by atoms with Crippen molar-refractivity contribution in [2.24, 2.45) is 22.5 Å². The summed E-state index contributed by atoms with van der Waals surface area (Å²) in [5.41, 5.74) is 33.6. The van der Waals surface area contributed by atoms with Crippen LogP contribution in [0.5, 0.6) is 0 Å². The van der Waals surface area contributed by atoms with Gasteiger partial charge in [0, 0.05) is 72.4 Å². The van der Waals surface area contributed by atoms with E-state index in [2.05, 4.69) is 197 Å². The number of ether oxygens (including phenoxy) is 1. The first-order chi connectivity index (χ1) is 59.6. The number of esters is 1. The Hall–Kier alpha value is -10.3. The molecule has 8 aromatic carbocycles. The third kappa shape index (κ3) is 44.6. The number of anilines is 4. The number of hydrazine groups is 2. The highest BCUT2D eigenvalue weighted by molar-refractivity contribution is 8.24. The molecule has 36 heteroatoms. The number of aliphatic imine (C=N–C) groups is 1. The maximum atomic E-state index is 12.3. The predicted molar refractivity (Wildman–Crippen MR) is 528 cm³/mol. The summed E-state index contributed by atoms with van der Waals surface area (Å²) in [7, 11) is -4.67. The van der Waals surface area contributed by atoms with Gasteiger partial charge < -0.3 is 31.5 Å². The third-order valence-electron chi connectivity index (χ3n) is 17.5. The number of halogens is 8. The Labute approximate surface area is 786 Å². The number of benzene rings is 8. The van der Waals surface area contributed by atoms with Crippen molar-refractivity contribution in [3.8, 4) is 6.07 Å². The highest BCUT2D eigenvalue weighted by atomic mass is 36.0. The van der Waals surface area contributed by atoms with Crippen molar-refractivity contribution < 1.29 is 55.6 Å². The zero-order valence-corrected chi connectivity index (χ0v) is 82.5. The number of aryl methyl sites for hydroxylation is 16. The Bertz CT molecular complexity index is 6150. The van der Waals surface area contributed by atoms with Gasteiger partial charge >= 0.3 is 21.6 Å². The van der Waals surface area contributed by atoms with Crippen molar-refractivity contribution >= 4 is 215 Å². The van der Waals surface area contributed by atoms with Crippen molar-refractivity contribution in [3.05, 3.63) is 276 Å². The number of Topliss-reactive ketones (excluding diaryl/α,β-unsaturated/α-hetero) is 3. The average Bonchev–Trinajstić information content (AvgIpc) is 0.796. The summed E-state index contributed by atoms with van der Waals surface area (Å²) in [4.78, 5) is 95.9. The number of hydrogen-bond acceptors (Lipinski definition) is 22. The number of pyridine rings is 4. The fourth-order valence-electron chi connectivity index (χ4n) is 12.0. The van der Waals surface area contributed by atoms with Gasteiger partial charge in [-0.1, -0.05) is 131 Å². The standard InChI is InChI=1S/C21H20Cl2N2O.C12H12ClN.C12H15N3.C12H15NO2.C12H13NO.C8H11N.C7H3Cl2NO.C6H10O3.C2H3N.Cl3OP.H4N2.H2O4S/c1-12-4-5-13(2)21-20(12)14(3)6-19(25-21)24-11-18(26)9-15-7-16(22)10-17(23)8-15;1-7-4-5-8(2)12-11(7)9(3)6-10(13)14-12;1-7-4-5-8(2)12-11(7)9(3)6-10(14-12)15-13;1-8-4-5-9(2)11(6-8)13-12(15)7-10(3)14;1-7-4-5-8(2)12-11(7)9(3)6-10(14)13-12;1-6-3-4-7(2)8(9)5-6;8-5-1-6(9)3-7(2-5)10-4-11;1-3-9-6(8)4-5(2)7;1-2-3;1-5(2,3)4;1-2;1-5(2,3)4/h4-8,10H,9,11H2,1-3H3,(H,24,25);4-6H,1-3H3;4-6H,13H2,1-3H3,(H,14,15);4-6H,7H2,1-3H3,(H,13,15);4-6H,1-3H3,(H,13,14);3-5H,9H2,1-2H3;1-3H;3-4H2,1-2H3;1H3;;1-2H2;(H2,1,2,3,4). The van der Waals surface area contributed by atoms with Gasteiger partial charge in [0.05, 0.1) is 53.4 Å². The van der Waals surface area contributed by atoms with Gasteiger partial charge in [-0.3, -0.25) is 54.1 Å². The van der Waals surface area contributed by atoms with Crippen molar-refractivity contribution in [1.29, 1.82) is 5.26 Å². The number of nitrogens with two attached hydrogens (primary N) is 4. The van der Waals surface area contributed by atoms with Crippen LogP contribution in [0.2, 0.25) is 25.2 Å². The van der Waals surface area contributed by atoms with Crippen LogP contribution in [-0.2, 0) is 54.9 Å². The molecular formula is C92H108Cl8N13O13PS. The largest absolute Gasteiger partial charge is 0.466 e. The van der Waals surface area contributed by atoms with E-state index in [0.717, 1.165) is 77.9 Å². The molecule has 1 amide bonds. The zero-order chi connectivity index (χ0) is 98.0. The summed E-state index contributed by atoms with van der Waals surface area (Å²) in [6.45, 7) is 39.1. The van der Waals surface area contributed by atoms with Gasteiger partial charge in [-0.05, 0) is 327 Å². The Morgan fingerprint density at radius 1 is 0.531 bits per heavy atom. The van der Waals surface area contributed by atoms with E-state index in [9.17, 15) is 38.1 Å². The number of hydrogen-bond donors (Lipinski definition) is 10. The lowest BCUT2D eigenvalue weighted by molar-refractivity contribution is -0.145. The molecule has 4 heterocycles. The van der Waals surface area contributed by atoms with Crippen LogP contribution < -0.4 is 44.9 Å². The lowest BCUT2D eigenvalue weighted by atomic mass is 10.0. The van der Waals surface area contributed by atoms with Gasteiger partial charge in [-0.15, -0.1) is 0 Å². The first-order valence-corrected chi connectivity index (χ1v) is 46.3. The number of nitrogen functional groups attached to an aromatic ring is 2. The summed E-state index contributed by atoms with van der Waals surface area (Å²) in [5, 5.41) is 17.3. The van der Waals surface area contributed by atoms with E-state index in [-0.39, 0.29) is 54.6 Å². The van der Waals surface area contributed by atoms with Crippen molar-refractivity contribution in [2.45, 2.75) is 158 Å². The average molecular weight is 1950 g/mol.